The molecule has 0 saturated heterocycles. The second-order valence-electron chi connectivity index (χ2n) is 8.82. The largest absolute Gasteiger partial charge is 0.593 e. The number of carbonyl (C=O) groups excluding carboxylic acids is 1. The van der Waals surface area contributed by atoms with Crippen LogP contribution in [-0.4, -0.2) is 31.9 Å². The minimum atomic E-state index is -1.90. The molecule has 1 unspecified atom stereocenters. The highest BCUT2D eigenvalue weighted by Gasteiger charge is 2.29. The zero-order valence-electron chi connectivity index (χ0n) is 19.9. The summed E-state index contributed by atoms with van der Waals surface area (Å²) in [4.78, 5) is 16.8. The average Bonchev–Trinajstić information content (AvgIpc) is 3.42. The molecule has 0 radical (unpaired) electrons. The Kier molecular flexibility index (Phi) is 7.77. The zero-order chi connectivity index (χ0) is 26.1. The molecule has 11 heteroatoms. The number of esters is 1. The van der Waals surface area contributed by atoms with Crippen LogP contribution >= 0.6 is 27.3 Å². The Morgan fingerprint density at radius 3 is 2.81 bits per heavy atom. The lowest BCUT2D eigenvalue weighted by Gasteiger charge is -2.10. The number of halogens is 2. The van der Waals surface area contributed by atoms with Crippen molar-refractivity contribution in [2.24, 2.45) is 11.1 Å². The van der Waals surface area contributed by atoms with Crippen LogP contribution < -0.4 is 5.14 Å². The number of hydrogen-bond acceptors (Lipinski definition) is 7. The van der Waals surface area contributed by atoms with E-state index in [0.29, 0.717) is 23.0 Å². The first-order valence-electron chi connectivity index (χ1n) is 11.8. The second kappa shape index (κ2) is 11.0. The van der Waals surface area contributed by atoms with E-state index in [1.807, 2.05) is 28.9 Å². The quantitative estimate of drug-likeness (QED) is 0.197. The molecule has 0 bridgehead atoms. The maximum Gasteiger partial charge on any atom is 0.357 e. The Morgan fingerprint density at radius 2 is 2.14 bits per heavy atom. The molecule has 5 rings (SSSR count). The van der Waals surface area contributed by atoms with E-state index in [-0.39, 0.29) is 17.2 Å². The van der Waals surface area contributed by atoms with Crippen molar-refractivity contribution in [2.45, 2.75) is 37.5 Å². The van der Waals surface area contributed by atoms with Crippen LogP contribution in [0.5, 0.6) is 0 Å². The number of thiazole rings is 1. The molecule has 0 aliphatic heterocycles. The van der Waals surface area contributed by atoms with Gasteiger partial charge < -0.3 is 9.29 Å². The molecule has 1 aliphatic carbocycles. The van der Waals surface area contributed by atoms with Gasteiger partial charge in [-0.25, -0.2) is 18.9 Å². The highest BCUT2D eigenvalue weighted by molar-refractivity contribution is 9.10. The summed E-state index contributed by atoms with van der Waals surface area (Å²) in [6.07, 6.45) is 3.47. The minimum absolute atomic E-state index is 0.0286. The number of aromatic nitrogens is 3. The molecule has 2 aromatic carbocycles. The molecule has 1 atom stereocenters. The topological polar surface area (TPSA) is 106 Å². The lowest BCUT2D eigenvalue weighted by atomic mass is 9.97. The number of benzene rings is 2. The van der Waals surface area contributed by atoms with E-state index < -0.39 is 23.1 Å². The Morgan fingerprint density at radius 1 is 1.32 bits per heavy atom. The molecule has 1 aliphatic rings. The molecular weight excluding hydrogens is 579 g/mol. The van der Waals surface area contributed by atoms with Gasteiger partial charge in [-0.2, -0.15) is 5.10 Å². The Hall–Kier alpha value is -2.57. The van der Waals surface area contributed by atoms with Gasteiger partial charge in [0.05, 0.1) is 29.4 Å². The molecule has 0 spiro atoms. The van der Waals surface area contributed by atoms with Crippen molar-refractivity contribution < 1.29 is 18.5 Å². The third kappa shape index (κ3) is 5.80. The first-order valence-corrected chi connectivity index (χ1v) is 14.7. The molecule has 0 amide bonds. The van der Waals surface area contributed by atoms with E-state index in [1.54, 1.807) is 18.4 Å². The Labute approximate surface area is 229 Å². The molecule has 1 saturated carbocycles. The Bertz CT molecular complexity index is 1450. The van der Waals surface area contributed by atoms with Gasteiger partial charge in [0.1, 0.15) is 0 Å². The van der Waals surface area contributed by atoms with Gasteiger partial charge in [0.2, 0.25) is 10.0 Å². The maximum absolute atomic E-state index is 14.7. The van der Waals surface area contributed by atoms with E-state index in [1.165, 1.54) is 23.5 Å². The fourth-order valence-corrected chi connectivity index (χ4v) is 5.80. The van der Waals surface area contributed by atoms with Crippen molar-refractivity contribution in [1.29, 1.82) is 0 Å². The van der Waals surface area contributed by atoms with Crippen LogP contribution in [0.1, 0.15) is 47.1 Å². The number of ether oxygens (including phenoxy) is 1. The van der Waals surface area contributed by atoms with Gasteiger partial charge in [-0.05, 0) is 61.9 Å². The summed E-state index contributed by atoms with van der Waals surface area (Å²) in [5.74, 6) is -0.536. The van der Waals surface area contributed by atoms with Crippen LogP contribution in [0.2, 0.25) is 0 Å². The van der Waals surface area contributed by atoms with E-state index in [9.17, 15) is 13.7 Å². The normalized spacial score (nSPS) is 14.1. The van der Waals surface area contributed by atoms with E-state index in [4.69, 9.17) is 15.0 Å². The molecule has 2 heterocycles. The molecule has 7 nitrogen and oxygen atoms in total. The summed E-state index contributed by atoms with van der Waals surface area (Å²) in [5.41, 5.74) is 4.56. The van der Waals surface area contributed by atoms with E-state index in [0.717, 1.165) is 46.2 Å². The number of nitrogens with zero attached hydrogens (tertiary/aromatic N) is 3. The van der Waals surface area contributed by atoms with Crippen LogP contribution in [0.25, 0.3) is 16.4 Å². The lowest BCUT2D eigenvalue weighted by molar-refractivity contribution is 0.0520. The highest BCUT2D eigenvalue weighted by atomic mass is 79.9. The predicted molar refractivity (Wildman–Crippen MR) is 145 cm³/mol. The van der Waals surface area contributed by atoms with Crippen LogP contribution in [0.15, 0.2) is 57.2 Å². The molecule has 4 aromatic rings. The fraction of sp³-hybridized carbons (Fsp3) is 0.269. The van der Waals surface area contributed by atoms with Crippen molar-refractivity contribution >= 4 is 44.6 Å². The highest BCUT2D eigenvalue weighted by Crippen LogP contribution is 2.38. The predicted octanol–water partition coefficient (Wildman–Crippen LogP) is 5.60. The molecule has 37 heavy (non-hydrogen) atoms. The molecule has 192 valence electrons. The van der Waals surface area contributed by atoms with Gasteiger partial charge in [0.15, 0.2) is 11.5 Å². The van der Waals surface area contributed by atoms with Crippen LogP contribution in [-0.2, 0) is 28.9 Å². The van der Waals surface area contributed by atoms with Crippen molar-refractivity contribution in [3.05, 3.63) is 80.6 Å². The first-order chi connectivity index (χ1) is 17.8. The summed E-state index contributed by atoms with van der Waals surface area (Å²) in [7, 11) is 0. The van der Waals surface area contributed by atoms with Crippen molar-refractivity contribution in [2.75, 3.05) is 6.61 Å². The first kappa shape index (κ1) is 26.1. The molecule has 2 aromatic heterocycles. The van der Waals surface area contributed by atoms with Crippen LogP contribution in [0.3, 0.4) is 0 Å². The number of hydrogen-bond donors (Lipinski definition) is 1. The van der Waals surface area contributed by atoms with Gasteiger partial charge in [-0.15, -0.1) is 16.5 Å². The van der Waals surface area contributed by atoms with E-state index in [2.05, 4.69) is 20.9 Å². The average molecular weight is 604 g/mol. The number of rotatable bonds is 9. The molecule has 1 fully saturated rings. The third-order valence-corrected chi connectivity index (χ3v) is 8.19. The smallest absolute Gasteiger partial charge is 0.357 e. The minimum Gasteiger partial charge on any atom is -0.593 e. The van der Waals surface area contributed by atoms with Gasteiger partial charge in [-0.1, -0.05) is 34.1 Å². The molecule has 2 N–H and O–H groups in total. The molecular formula is C26H24BrFN4O3S2. The van der Waals surface area contributed by atoms with Crippen molar-refractivity contribution in [3.8, 4) is 16.4 Å². The van der Waals surface area contributed by atoms with Gasteiger partial charge >= 0.3 is 5.97 Å². The zero-order valence-corrected chi connectivity index (χ0v) is 23.2. The Balaban J connectivity index is 1.64. The van der Waals surface area contributed by atoms with Crippen molar-refractivity contribution in [3.63, 3.8) is 0 Å². The number of nitrogens with two attached hydrogens (primary N) is 1. The summed E-state index contributed by atoms with van der Waals surface area (Å²) in [6.45, 7) is 2.02. The van der Waals surface area contributed by atoms with Crippen LogP contribution in [0.4, 0.5) is 4.39 Å². The lowest BCUT2D eigenvalue weighted by Crippen LogP contribution is -2.14. The van der Waals surface area contributed by atoms with Crippen LogP contribution in [0, 0.1) is 11.7 Å². The summed E-state index contributed by atoms with van der Waals surface area (Å²) < 4.78 is 34.1. The third-order valence-electron chi connectivity index (χ3n) is 6.12. The standard InChI is InChI=1S/C26H24BrFN4O3S2/c1-2-35-25(33)21-14-36-26(30-21)32-22(12-15-6-7-15)19(24(31-32)17-4-3-5-18(27)13-17)10-16-8-9-23(37(29)34)20(28)11-16/h3-5,8-9,11,13-15H,2,6-7,10,12,29H2,1H3. The SMILES string of the molecule is CCOC(=O)c1csc(-n2nc(-c3cccc(Br)c3)c(Cc3ccc([S+](N)[O-])c(F)c3)c2CC2CC2)n1. The maximum atomic E-state index is 14.7. The van der Waals surface area contributed by atoms with Crippen molar-refractivity contribution in [1.82, 2.24) is 14.8 Å². The second-order valence-corrected chi connectivity index (χ2v) is 11.6. The van der Waals surface area contributed by atoms with Gasteiger partial charge in [0, 0.05) is 27.4 Å². The van der Waals surface area contributed by atoms with E-state index >= 15 is 0 Å². The monoisotopic (exact) mass is 602 g/mol. The number of carbonyl (C=O) groups is 1. The van der Waals surface area contributed by atoms with Gasteiger partial charge in [-0.3, -0.25) is 0 Å². The summed E-state index contributed by atoms with van der Waals surface area (Å²) in [6, 6.07) is 12.4. The summed E-state index contributed by atoms with van der Waals surface area (Å²) >= 11 is 2.97. The van der Waals surface area contributed by atoms with Gasteiger partial charge in [0.25, 0.3) is 0 Å². The summed E-state index contributed by atoms with van der Waals surface area (Å²) in [5, 5.41) is 12.6. The fourth-order valence-electron chi connectivity index (χ4n) is 4.18.